The Morgan fingerprint density at radius 1 is 1.10 bits per heavy atom. The topological polar surface area (TPSA) is 96.2 Å². The van der Waals surface area contributed by atoms with Crippen molar-refractivity contribution in [2.75, 3.05) is 29.9 Å². The van der Waals surface area contributed by atoms with Crippen LogP contribution in [0.5, 0.6) is 0 Å². The number of fused-ring (bicyclic) bond motifs is 1. The molecule has 3 aromatic rings. The number of carboxylic acids is 1. The summed E-state index contributed by atoms with van der Waals surface area (Å²) in [6.07, 6.45) is 4.16. The van der Waals surface area contributed by atoms with Crippen LogP contribution in [0.15, 0.2) is 30.3 Å². The van der Waals surface area contributed by atoms with Crippen LogP contribution in [0.3, 0.4) is 0 Å². The average Bonchev–Trinajstić information content (AvgIpc) is 3.17. The summed E-state index contributed by atoms with van der Waals surface area (Å²) in [5, 5.41) is 12.3. The number of rotatable bonds is 8. The molecular weight excluding hydrogens is 392 g/mol. The fraction of sp³-hybridized carbons (Fsp3) is 0.478. The lowest BCUT2D eigenvalue weighted by Gasteiger charge is -2.27. The smallest absolute Gasteiger partial charge is 0.303 e. The molecule has 0 bridgehead atoms. The number of benzene rings is 1. The second-order valence-electron chi connectivity index (χ2n) is 8.28. The van der Waals surface area contributed by atoms with E-state index in [0.717, 1.165) is 48.5 Å². The lowest BCUT2D eigenvalue weighted by atomic mass is 10.1. The maximum atomic E-state index is 10.9. The summed E-state index contributed by atoms with van der Waals surface area (Å²) in [5.74, 6) is 1.46. The summed E-state index contributed by atoms with van der Waals surface area (Å²) in [7, 11) is 0. The molecule has 2 aromatic heterocycles. The third kappa shape index (κ3) is 4.62. The van der Waals surface area contributed by atoms with Gasteiger partial charge in [0, 0.05) is 37.7 Å². The number of nitrogens with zero attached hydrogens (tertiary/aromatic N) is 5. The Bertz CT molecular complexity index is 1040. The monoisotopic (exact) mass is 422 g/mol. The van der Waals surface area contributed by atoms with Gasteiger partial charge in [0.15, 0.2) is 17.0 Å². The number of hydrogen-bond acceptors (Lipinski definition) is 6. The van der Waals surface area contributed by atoms with Gasteiger partial charge in [0.2, 0.25) is 5.95 Å². The Kier molecular flexibility index (Phi) is 6.34. The van der Waals surface area contributed by atoms with Gasteiger partial charge in [0.05, 0.1) is 0 Å². The lowest BCUT2D eigenvalue weighted by Crippen LogP contribution is -2.31. The molecule has 0 spiro atoms. The molecule has 164 valence electrons. The second kappa shape index (κ2) is 9.32. The molecule has 0 amide bonds. The maximum Gasteiger partial charge on any atom is 0.303 e. The van der Waals surface area contributed by atoms with Gasteiger partial charge in [-0.3, -0.25) is 4.79 Å². The van der Waals surface area contributed by atoms with E-state index in [1.165, 1.54) is 6.42 Å². The summed E-state index contributed by atoms with van der Waals surface area (Å²) < 4.78 is 2.17. The molecule has 1 saturated heterocycles. The molecule has 4 rings (SSSR count). The van der Waals surface area contributed by atoms with E-state index in [4.69, 9.17) is 20.1 Å². The largest absolute Gasteiger partial charge is 0.481 e. The highest BCUT2D eigenvalue weighted by Crippen LogP contribution is 2.32. The maximum absolute atomic E-state index is 10.9. The standard InChI is InChI=1S/C23H30N6O2/c1-16(2)29-21(17-10-5-3-6-11-17)25-19-20(24-13-9-12-18(30)31)26-23(27-22(19)29)28-14-7-4-8-15-28/h3,5-6,10-11,16H,4,7-9,12-15H2,1-2H3,(H,30,31)(H,24,26,27). The van der Waals surface area contributed by atoms with Crippen LogP contribution in [0, 0.1) is 0 Å². The summed E-state index contributed by atoms with van der Waals surface area (Å²) in [6, 6.07) is 10.3. The molecule has 0 saturated carbocycles. The van der Waals surface area contributed by atoms with Gasteiger partial charge in [-0.15, -0.1) is 0 Å². The van der Waals surface area contributed by atoms with Crippen molar-refractivity contribution in [1.82, 2.24) is 19.5 Å². The van der Waals surface area contributed by atoms with Crippen LogP contribution >= 0.6 is 0 Å². The van der Waals surface area contributed by atoms with Crippen molar-refractivity contribution < 1.29 is 9.90 Å². The van der Waals surface area contributed by atoms with Crippen molar-refractivity contribution >= 4 is 28.9 Å². The van der Waals surface area contributed by atoms with E-state index in [9.17, 15) is 4.79 Å². The third-order valence-corrected chi connectivity index (χ3v) is 5.58. The van der Waals surface area contributed by atoms with Crippen molar-refractivity contribution in [2.24, 2.45) is 0 Å². The van der Waals surface area contributed by atoms with Gasteiger partial charge >= 0.3 is 5.97 Å². The average molecular weight is 423 g/mol. The predicted molar refractivity (Wildman–Crippen MR) is 123 cm³/mol. The van der Waals surface area contributed by atoms with E-state index in [0.29, 0.717) is 24.7 Å². The summed E-state index contributed by atoms with van der Waals surface area (Å²) >= 11 is 0. The molecule has 1 aromatic carbocycles. The minimum Gasteiger partial charge on any atom is -0.481 e. The molecule has 0 radical (unpaired) electrons. The first-order valence-electron chi connectivity index (χ1n) is 11.1. The van der Waals surface area contributed by atoms with Crippen LogP contribution in [0.25, 0.3) is 22.6 Å². The number of anilines is 2. The number of carboxylic acid groups (broad SMARTS) is 1. The first-order valence-corrected chi connectivity index (χ1v) is 11.1. The summed E-state index contributed by atoms with van der Waals surface area (Å²) in [6.45, 7) is 6.69. The molecule has 8 heteroatoms. The minimum absolute atomic E-state index is 0.121. The Morgan fingerprint density at radius 3 is 2.52 bits per heavy atom. The zero-order valence-electron chi connectivity index (χ0n) is 18.2. The summed E-state index contributed by atoms with van der Waals surface area (Å²) in [4.78, 5) is 27.9. The van der Waals surface area contributed by atoms with E-state index in [2.05, 4.69) is 40.8 Å². The highest BCUT2D eigenvalue weighted by Gasteiger charge is 2.23. The van der Waals surface area contributed by atoms with Crippen LogP contribution in [0.4, 0.5) is 11.8 Å². The fourth-order valence-corrected chi connectivity index (χ4v) is 4.05. The zero-order chi connectivity index (χ0) is 21.8. The highest BCUT2D eigenvalue weighted by molar-refractivity contribution is 5.88. The number of carbonyl (C=O) groups is 1. The van der Waals surface area contributed by atoms with Gasteiger partial charge in [-0.25, -0.2) is 4.98 Å². The molecular formula is C23H30N6O2. The van der Waals surface area contributed by atoms with Gasteiger partial charge in [-0.05, 0) is 39.5 Å². The first-order chi connectivity index (χ1) is 15.0. The molecule has 8 nitrogen and oxygen atoms in total. The normalized spacial score (nSPS) is 14.4. The number of aliphatic carboxylic acids is 1. The lowest BCUT2D eigenvalue weighted by molar-refractivity contribution is -0.137. The van der Waals surface area contributed by atoms with Crippen LogP contribution in [-0.2, 0) is 4.79 Å². The van der Waals surface area contributed by atoms with E-state index in [1.54, 1.807) is 0 Å². The molecule has 0 aliphatic carbocycles. The number of piperidine rings is 1. The molecule has 1 fully saturated rings. The van der Waals surface area contributed by atoms with Crippen molar-refractivity contribution in [2.45, 2.75) is 52.0 Å². The highest BCUT2D eigenvalue weighted by atomic mass is 16.4. The Hall–Kier alpha value is -3.16. The van der Waals surface area contributed by atoms with Gasteiger partial charge in [-0.1, -0.05) is 30.3 Å². The third-order valence-electron chi connectivity index (χ3n) is 5.58. The molecule has 0 atom stereocenters. The van der Waals surface area contributed by atoms with Gasteiger partial charge in [0.1, 0.15) is 5.82 Å². The van der Waals surface area contributed by atoms with Crippen molar-refractivity contribution in [1.29, 1.82) is 0 Å². The number of imidazole rings is 1. The van der Waals surface area contributed by atoms with E-state index in [1.807, 2.05) is 18.2 Å². The fourth-order valence-electron chi connectivity index (χ4n) is 4.05. The van der Waals surface area contributed by atoms with Crippen molar-refractivity contribution in [3.63, 3.8) is 0 Å². The first kappa shape index (κ1) is 21.1. The Balaban J connectivity index is 1.81. The van der Waals surface area contributed by atoms with E-state index in [-0.39, 0.29) is 12.5 Å². The van der Waals surface area contributed by atoms with Gasteiger partial charge in [0.25, 0.3) is 0 Å². The summed E-state index contributed by atoms with van der Waals surface area (Å²) in [5.41, 5.74) is 2.57. The molecule has 31 heavy (non-hydrogen) atoms. The van der Waals surface area contributed by atoms with Crippen LogP contribution in [0.2, 0.25) is 0 Å². The van der Waals surface area contributed by atoms with Crippen molar-refractivity contribution in [3.8, 4) is 11.4 Å². The molecule has 1 aliphatic heterocycles. The number of aromatic nitrogens is 4. The van der Waals surface area contributed by atoms with Gasteiger partial charge < -0.3 is 19.9 Å². The van der Waals surface area contributed by atoms with Gasteiger partial charge in [-0.2, -0.15) is 9.97 Å². The van der Waals surface area contributed by atoms with Crippen LogP contribution < -0.4 is 10.2 Å². The minimum atomic E-state index is -0.793. The quantitative estimate of drug-likeness (QED) is 0.521. The second-order valence-corrected chi connectivity index (χ2v) is 8.28. The van der Waals surface area contributed by atoms with Crippen LogP contribution in [0.1, 0.15) is 52.0 Å². The Labute approximate surface area is 182 Å². The molecule has 0 unspecified atom stereocenters. The number of nitrogens with one attached hydrogen (secondary N) is 1. The van der Waals surface area contributed by atoms with E-state index < -0.39 is 5.97 Å². The molecule has 2 N–H and O–H groups in total. The van der Waals surface area contributed by atoms with Crippen molar-refractivity contribution in [3.05, 3.63) is 30.3 Å². The number of hydrogen-bond donors (Lipinski definition) is 2. The SMILES string of the molecule is CC(C)n1c(-c2ccccc2)nc2c(NCCCC(=O)O)nc(N3CCCCC3)nc21. The van der Waals surface area contributed by atoms with E-state index >= 15 is 0 Å². The zero-order valence-corrected chi connectivity index (χ0v) is 18.2. The predicted octanol–water partition coefficient (Wildman–Crippen LogP) is 4.34. The Morgan fingerprint density at radius 2 is 1.84 bits per heavy atom. The molecule has 1 aliphatic rings. The molecule has 3 heterocycles. The van der Waals surface area contributed by atoms with Crippen LogP contribution in [-0.4, -0.2) is 50.2 Å².